The van der Waals surface area contributed by atoms with E-state index in [1.54, 1.807) is 0 Å². The van der Waals surface area contributed by atoms with Gasteiger partial charge in [0.25, 0.3) is 7.44 Å². The molecular formula is C14H29N2OP. The first-order valence-corrected chi connectivity index (χ1v) is 9.15. The van der Waals surface area contributed by atoms with Crippen molar-refractivity contribution < 1.29 is 4.57 Å². The molecule has 1 rings (SSSR count). The van der Waals surface area contributed by atoms with Crippen molar-refractivity contribution in [2.75, 3.05) is 19.3 Å². The number of hydrogen-bond donors (Lipinski definition) is 0. The Kier molecular flexibility index (Phi) is 5.78. The van der Waals surface area contributed by atoms with Crippen LogP contribution in [0, 0.1) is 0 Å². The molecule has 106 valence electrons. The van der Waals surface area contributed by atoms with Crippen LogP contribution in [0.4, 0.5) is 0 Å². The van der Waals surface area contributed by atoms with E-state index in [-0.39, 0.29) is 0 Å². The molecule has 0 amide bonds. The summed E-state index contributed by atoms with van der Waals surface area (Å²) >= 11 is 0. The Bertz CT molecular complexity index is 324. The van der Waals surface area contributed by atoms with Crippen LogP contribution in [-0.2, 0) is 4.57 Å². The fourth-order valence-electron chi connectivity index (χ4n) is 2.58. The van der Waals surface area contributed by atoms with Crippen molar-refractivity contribution in [3.63, 3.8) is 0 Å². The lowest BCUT2D eigenvalue weighted by Crippen LogP contribution is -2.24. The molecule has 0 fully saturated rings. The Labute approximate surface area is 113 Å². The standard InChI is InChI=1S/C14H29N2OP/c1-6-9-11-15-13(4)14(5)16(12-10-7-2)18(15,17)8-3/h6-12H2,1-5H3. The van der Waals surface area contributed by atoms with Gasteiger partial charge in [-0.15, -0.1) is 0 Å². The van der Waals surface area contributed by atoms with Gasteiger partial charge >= 0.3 is 0 Å². The summed E-state index contributed by atoms with van der Waals surface area (Å²) in [5.41, 5.74) is 2.45. The zero-order valence-electron chi connectivity index (χ0n) is 12.7. The molecule has 0 saturated carbocycles. The van der Waals surface area contributed by atoms with Crippen LogP contribution in [0.15, 0.2) is 11.4 Å². The third-order valence-electron chi connectivity index (χ3n) is 3.91. The first-order valence-electron chi connectivity index (χ1n) is 7.35. The highest BCUT2D eigenvalue weighted by atomic mass is 31.2. The van der Waals surface area contributed by atoms with Crippen LogP contribution in [0.2, 0.25) is 0 Å². The molecule has 1 heterocycles. The van der Waals surface area contributed by atoms with Gasteiger partial charge in [-0.2, -0.15) is 0 Å². The van der Waals surface area contributed by atoms with Crippen molar-refractivity contribution >= 4 is 7.44 Å². The van der Waals surface area contributed by atoms with Gasteiger partial charge in [0.1, 0.15) is 0 Å². The second kappa shape index (κ2) is 6.65. The molecule has 0 aromatic carbocycles. The second-order valence-electron chi connectivity index (χ2n) is 5.11. The molecule has 0 N–H and O–H groups in total. The van der Waals surface area contributed by atoms with Gasteiger partial charge in [0.15, 0.2) is 0 Å². The average molecular weight is 272 g/mol. The Balaban J connectivity index is 2.95. The SMILES string of the molecule is CCCCN1C(C)=C(C)N(CCCC)P1(=O)CC. The average Bonchev–Trinajstić information content (AvgIpc) is 2.55. The van der Waals surface area contributed by atoms with Crippen molar-refractivity contribution in [2.45, 2.75) is 60.3 Å². The zero-order valence-corrected chi connectivity index (χ0v) is 13.6. The summed E-state index contributed by atoms with van der Waals surface area (Å²) in [5.74, 6) is 0. The molecule has 0 spiro atoms. The van der Waals surface area contributed by atoms with Gasteiger partial charge in [0, 0.05) is 30.6 Å². The Hall–Kier alpha value is -0.430. The van der Waals surface area contributed by atoms with Crippen LogP contribution in [-0.4, -0.2) is 28.6 Å². The highest BCUT2D eigenvalue weighted by molar-refractivity contribution is 7.59. The molecule has 0 aliphatic carbocycles. The Morgan fingerprint density at radius 1 is 0.889 bits per heavy atom. The van der Waals surface area contributed by atoms with E-state index in [9.17, 15) is 4.57 Å². The molecule has 0 atom stereocenters. The zero-order chi connectivity index (χ0) is 13.8. The minimum atomic E-state index is -2.35. The van der Waals surface area contributed by atoms with Crippen molar-refractivity contribution in [2.24, 2.45) is 0 Å². The molecule has 18 heavy (non-hydrogen) atoms. The topological polar surface area (TPSA) is 23.6 Å². The van der Waals surface area contributed by atoms with Crippen molar-refractivity contribution in [3.8, 4) is 0 Å². The van der Waals surface area contributed by atoms with E-state index in [2.05, 4.69) is 44.0 Å². The molecule has 1 aliphatic heterocycles. The predicted molar refractivity (Wildman–Crippen MR) is 79.7 cm³/mol. The second-order valence-corrected chi connectivity index (χ2v) is 8.03. The maximum atomic E-state index is 13.3. The fourth-order valence-corrected chi connectivity index (χ4v) is 5.66. The lowest BCUT2D eigenvalue weighted by Gasteiger charge is -2.33. The maximum Gasteiger partial charge on any atom is 0.262 e. The van der Waals surface area contributed by atoms with Crippen LogP contribution < -0.4 is 0 Å². The van der Waals surface area contributed by atoms with Crippen LogP contribution >= 0.6 is 7.44 Å². The smallest absolute Gasteiger partial charge is 0.262 e. The van der Waals surface area contributed by atoms with Gasteiger partial charge in [-0.3, -0.25) is 4.57 Å². The summed E-state index contributed by atoms with van der Waals surface area (Å²) in [5, 5.41) is 0. The van der Waals surface area contributed by atoms with Gasteiger partial charge in [-0.05, 0) is 26.7 Å². The molecule has 1 aliphatic rings. The van der Waals surface area contributed by atoms with E-state index in [0.717, 1.165) is 44.9 Å². The molecule has 4 heteroatoms. The van der Waals surface area contributed by atoms with Gasteiger partial charge in [-0.1, -0.05) is 33.6 Å². The van der Waals surface area contributed by atoms with E-state index < -0.39 is 7.44 Å². The Morgan fingerprint density at radius 3 is 1.56 bits per heavy atom. The van der Waals surface area contributed by atoms with E-state index in [1.807, 2.05) is 0 Å². The van der Waals surface area contributed by atoms with E-state index in [0.29, 0.717) is 0 Å². The minimum Gasteiger partial charge on any atom is -0.309 e. The van der Waals surface area contributed by atoms with Gasteiger partial charge in [-0.25, -0.2) is 0 Å². The minimum absolute atomic E-state index is 0.745. The number of unbranched alkanes of at least 4 members (excludes halogenated alkanes) is 2. The van der Waals surface area contributed by atoms with Crippen LogP contribution in [0.25, 0.3) is 0 Å². The number of allylic oxidation sites excluding steroid dienone is 2. The molecule has 0 radical (unpaired) electrons. The quantitative estimate of drug-likeness (QED) is 0.629. The first kappa shape index (κ1) is 15.6. The molecule has 0 unspecified atom stereocenters. The summed E-state index contributed by atoms with van der Waals surface area (Å²) in [6.45, 7) is 12.6. The summed E-state index contributed by atoms with van der Waals surface area (Å²) in [6.07, 6.45) is 5.30. The molecule has 0 aromatic rings. The summed E-state index contributed by atoms with van der Waals surface area (Å²) in [7, 11) is -2.35. The number of hydrogen-bond acceptors (Lipinski definition) is 1. The molecule has 3 nitrogen and oxygen atoms in total. The first-order chi connectivity index (χ1) is 8.52. The largest absolute Gasteiger partial charge is 0.309 e. The third-order valence-corrected chi connectivity index (χ3v) is 7.24. The normalized spacial score (nSPS) is 18.9. The third kappa shape index (κ3) is 2.77. The van der Waals surface area contributed by atoms with Crippen LogP contribution in [0.1, 0.15) is 60.3 Å². The highest BCUT2D eigenvalue weighted by Gasteiger charge is 2.41. The maximum absolute atomic E-state index is 13.3. The van der Waals surface area contributed by atoms with Crippen molar-refractivity contribution in [1.82, 2.24) is 9.34 Å². The van der Waals surface area contributed by atoms with E-state index >= 15 is 0 Å². The van der Waals surface area contributed by atoms with Gasteiger partial charge in [0.05, 0.1) is 0 Å². The summed E-state index contributed by atoms with van der Waals surface area (Å²) in [4.78, 5) is 0. The number of nitrogens with zero attached hydrogens (tertiary/aromatic N) is 2. The lowest BCUT2D eigenvalue weighted by molar-refractivity contribution is 0.429. The van der Waals surface area contributed by atoms with Gasteiger partial charge < -0.3 is 9.34 Å². The predicted octanol–water partition coefficient (Wildman–Crippen LogP) is 4.67. The van der Waals surface area contributed by atoms with Crippen LogP contribution in [0.3, 0.4) is 0 Å². The Morgan fingerprint density at radius 2 is 1.28 bits per heavy atom. The van der Waals surface area contributed by atoms with Crippen LogP contribution in [0.5, 0.6) is 0 Å². The monoisotopic (exact) mass is 272 g/mol. The van der Waals surface area contributed by atoms with Crippen molar-refractivity contribution in [3.05, 3.63) is 11.4 Å². The highest BCUT2D eigenvalue weighted by Crippen LogP contribution is 2.61. The summed E-state index contributed by atoms with van der Waals surface area (Å²) < 4.78 is 17.7. The van der Waals surface area contributed by atoms with Gasteiger partial charge in [0.2, 0.25) is 0 Å². The number of rotatable bonds is 7. The fraction of sp³-hybridized carbons (Fsp3) is 0.857. The molecule has 0 bridgehead atoms. The summed E-state index contributed by atoms with van der Waals surface area (Å²) in [6, 6.07) is 0. The van der Waals surface area contributed by atoms with Crippen molar-refractivity contribution in [1.29, 1.82) is 0 Å². The van der Waals surface area contributed by atoms with E-state index in [1.165, 1.54) is 11.4 Å². The molecular weight excluding hydrogens is 243 g/mol. The van der Waals surface area contributed by atoms with E-state index in [4.69, 9.17) is 0 Å². The molecule has 0 aromatic heterocycles. The molecule has 0 saturated heterocycles. The lowest BCUT2D eigenvalue weighted by atomic mass is 10.3.